The van der Waals surface area contributed by atoms with E-state index >= 15 is 0 Å². The molecule has 96 valence electrons. The van der Waals surface area contributed by atoms with E-state index in [0.717, 1.165) is 0 Å². The Kier molecular flexibility index (Phi) is 5.61. The maximum atomic E-state index is 11.4. The summed E-state index contributed by atoms with van der Waals surface area (Å²) in [5.41, 5.74) is 0. The summed E-state index contributed by atoms with van der Waals surface area (Å²) in [7, 11) is 0. The number of hydrogen-bond donors (Lipinski definition) is 1. The molecule has 0 atom stereocenters. The first-order chi connectivity index (χ1) is 8.52. The number of aromatic nitrogens is 1. The number of rotatable bonds is 4. The minimum absolute atomic E-state index is 0.160. The van der Waals surface area contributed by atoms with Gasteiger partial charge in [-0.1, -0.05) is 29.3 Å². The van der Waals surface area contributed by atoms with Gasteiger partial charge >= 0.3 is 5.97 Å². The van der Waals surface area contributed by atoms with Crippen molar-refractivity contribution >= 4 is 40.9 Å². The number of nitrogens with one attached hydrogen (secondary N) is 1. The predicted molar refractivity (Wildman–Crippen MR) is 68.7 cm³/mol. The van der Waals surface area contributed by atoms with Crippen LogP contribution in [0.5, 0.6) is 0 Å². The van der Waals surface area contributed by atoms with E-state index in [4.69, 9.17) is 23.2 Å². The molecule has 1 N–H and O–H groups in total. The van der Waals surface area contributed by atoms with Crippen LogP contribution < -0.4 is 5.32 Å². The summed E-state index contributed by atoms with van der Waals surface area (Å²) in [5.74, 6) is -0.972. The predicted octanol–water partition coefficient (Wildman–Crippen LogP) is 2.45. The molecule has 1 aromatic heterocycles. The maximum absolute atomic E-state index is 11.4. The van der Waals surface area contributed by atoms with Crippen LogP contribution in [0.2, 0.25) is 10.0 Å². The summed E-state index contributed by atoms with van der Waals surface area (Å²) in [4.78, 5) is 26.2. The lowest BCUT2D eigenvalue weighted by molar-refractivity contribution is -0.142. The number of carbonyl (C=O) groups is 2. The number of halogens is 2. The number of amides is 1. The van der Waals surface area contributed by atoms with E-state index in [1.165, 1.54) is 24.4 Å². The second-order valence-electron chi connectivity index (χ2n) is 3.14. The minimum atomic E-state index is -0.595. The van der Waals surface area contributed by atoms with Crippen molar-refractivity contribution in [3.8, 4) is 0 Å². The smallest absolute Gasteiger partial charge is 0.330 e. The van der Waals surface area contributed by atoms with Gasteiger partial charge in [0.1, 0.15) is 0 Å². The molecule has 0 saturated carbocycles. The zero-order valence-corrected chi connectivity index (χ0v) is 11.0. The molecule has 1 aromatic rings. The Morgan fingerprint density at radius 1 is 1.50 bits per heavy atom. The van der Waals surface area contributed by atoms with Crippen molar-refractivity contribution in [2.45, 2.75) is 6.92 Å². The zero-order chi connectivity index (χ0) is 13.5. The third-order valence-electron chi connectivity index (χ3n) is 1.71. The fourth-order valence-corrected chi connectivity index (χ4v) is 1.42. The highest BCUT2D eigenvalue weighted by Gasteiger charge is 2.09. The lowest BCUT2D eigenvalue weighted by Crippen LogP contribution is -2.20. The van der Waals surface area contributed by atoms with E-state index in [1.54, 1.807) is 6.92 Å². The maximum Gasteiger partial charge on any atom is 0.330 e. The van der Waals surface area contributed by atoms with Crippen LogP contribution in [0.15, 0.2) is 24.4 Å². The van der Waals surface area contributed by atoms with E-state index in [2.05, 4.69) is 15.0 Å². The molecular formula is C11H10Cl2N2O3. The van der Waals surface area contributed by atoms with Gasteiger partial charge in [-0.15, -0.1) is 0 Å². The molecule has 0 bridgehead atoms. The molecule has 7 heteroatoms. The van der Waals surface area contributed by atoms with E-state index in [1.807, 2.05) is 0 Å². The average Bonchev–Trinajstić information content (AvgIpc) is 2.31. The van der Waals surface area contributed by atoms with Crippen LogP contribution in [0.3, 0.4) is 0 Å². The van der Waals surface area contributed by atoms with Crippen LogP contribution >= 0.6 is 23.2 Å². The number of allylic oxidation sites excluding steroid dienone is 1. The summed E-state index contributed by atoms with van der Waals surface area (Å²) < 4.78 is 4.65. The monoisotopic (exact) mass is 288 g/mol. The lowest BCUT2D eigenvalue weighted by atomic mass is 10.4. The Bertz CT molecular complexity index is 489. The van der Waals surface area contributed by atoms with Crippen molar-refractivity contribution in [3.05, 3.63) is 34.5 Å². The highest BCUT2D eigenvalue weighted by molar-refractivity contribution is 6.36. The first-order valence-electron chi connectivity index (χ1n) is 4.93. The van der Waals surface area contributed by atoms with Crippen molar-refractivity contribution in [3.63, 3.8) is 0 Å². The molecule has 0 aromatic carbocycles. The normalized spacial score (nSPS) is 10.4. The van der Waals surface area contributed by atoms with Crippen molar-refractivity contribution < 1.29 is 14.3 Å². The Morgan fingerprint density at radius 3 is 2.83 bits per heavy atom. The van der Waals surface area contributed by atoms with Gasteiger partial charge in [0.25, 0.3) is 5.91 Å². The molecule has 0 spiro atoms. The van der Waals surface area contributed by atoms with Gasteiger partial charge in [-0.25, -0.2) is 9.78 Å². The molecular weight excluding hydrogens is 279 g/mol. The highest BCUT2D eigenvalue weighted by atomic mass is 35.5. The third-order valence-corrected chi connectivity index (χ3v) is 2.21. The molecule has 0 aliphatic carbocycles. The molecule has 0 aliphatic rings. The molecule has 1 amide bonds. The van der Waals surface area contributed by atoms with E-state index < -0.39 is 18.5 Å². The molecule has 0 unspecified atom stereocenters. The molecule has 0 aliphatic heterocycles. The number of ether oxygens (including phenoxy) is 1. The fourth-order valence-electron chi connectivity index (χ4n) is 0.996. The van der Waals surface area contributed by atoms with Gasteiger partial charge in [0, 0.05) is 12.3 Å². The van der Waals surface area contributed by atoms with Gasteiger partial charge in [0.05, 0.1) is 10.0 Å². The summed E-state index contributed by atoms with van der Waals surface area (Å²) in [5, 5.41) is 2.96. The standard InChI is InChI=1S/C11H10Cl2N2O3/c1-2-3-10(17)18-6-9(16)15-11-8(13)4-7(12)5-14-11/h2-5H,6H2,1H3,(H,14,15,16)/b3-2+. The number of anilines is 1. The summed E-state index contributed by atoms with van der Waals surface area (Å²) in [6.45, 7) is 1.25. The first-order valence-corrected chi connectivity index (χ1v) is 5.69. The Morgan fingerprint density at radius 2 is 2.22 bits per heavy atom. The molecule has 18 heavy (non-hydrogen) atoms. The zero-order valence-electron chi connectivity index (χ0n) is 9.44. The molecule has 0 saturated heterocycles. The van der Waals surface area contributed by atoms with Crippen molar-refractivity contribution in [2.24, 2.45) is 0 Å². The number of esters is 1. The molecule has 5 nitrogen and oxygen atoms in total. The van der Waals surface area contributed by atoms with E-state index in [0.29, 0.717) is 5.02 Å². The fraction of sp³-hybridized carbons (Fsp3) is 0.182. The number of nitrogens with zero attached hydrogens (tertiary/aromatic N) is 1. The van der Waals surface area contributed by atoms with Gasteiger partial charge in [-0.2, -0.15) is 0 Å². The SMILES string of the molecule is C/C=C/C(=O)OCC(=O)Nc1ncc(Cl)cc1Cl. The third kappa shape index (κ3) is 4.73. The molecule has 0 fully saturated rings. The summed E-state index contributed by atoms with van der Waals surface area (Å²) >= 11 is 11.5. The van der Waals surface area contributed by atoms with Gasteiger partial charge < -0.3 is 10.1 Å². The largest absolute Gasteiger partial charge is 0.452 e. The van der Waals surface area contributed by atoms with Gasteiger partial charge in [-0.05, 0) is 13.0 Å². The van der Waals surface area contributed by atoms with E-state index in [9.17, 15) is 9.59 Å². The lowest BCUT2D eigenvalue weighted by Gasteiger charge is -2.06. The first kappa shape index (κ1) is 14.5. The van der Waals surface area contributed by atoms with Crippen molar-refractivity contribution in [1.82, 2.24) is 4.98 Å². The van der Waals surface area contributed by atoms with Crippen LogP contribution in [0.4, 0.5) is 5.82 Å². The summed E-state index contributed by atoms with van der Waals surface area (Å²) in [6.07, 6.45) is 4.06. The van der Waals surface area contributed by atoms with Crippen molar-refractivity contribution in [1.29, 1.82) is 0 Å². The number of pyridine rings is 1. The van der Waals surface area contributed by atoms with Crippen LogP contribution in [-0.4, -0.2) is 23.5 Å². The number of carbonyl (C=O) groups excluding carboxylic acids is 2. The topological polar surface area (TPSA) is 68.3 Å². The Labute approximate surface area is 114 Å². The van der Waals surface area contributed by atoms with Gasteiger partial charge in [0.15, 0.2) is 12.4 Å². The van der Waals surface area contributed by atoms with Crippen LogP contribution in [0.1, 0.15) is 6.92 Å². The van der Waals surface area contributed by atoms with E-state index in [-0.39, 0.29) is 10.8 Å². The molecule has 0 radical (unpaired) electrons. The average molecular weight is 289 g/mol. The Hall–Kier alpha value is -1.59. The second-order valence-corrected chi connectivity index (χ2v) is 3.98. The number of hydrogen-bond acceptors (Lipinski definition) is 4. The highest BCUT2D eigenvalue weighted by Crippen LogP contribution is 2.22. The Balaban J connectivity index is 2.52. The van der Waals surface area contributed by atoms with Crippen LogP contribution in [-0.2, 0) is 14.3 Å². The molecule has 1 rings (SSSR count). The molecule has 1 heterocycles. The quantitative estimate of drug-likeness (QED) is 0.683. The van der Waals surface area contributed by atoms with Crippen LogP contribution in [0.25, 0.3) is 0 Å². The second kappa shape index (κ2) is 6.98. The van der Waals surface area contributed by atoms with Gasteiger partial charge in [-0.3, -0.25) is 4.79 Å². The minimum Gasteiger partial charge on any atom is -0.452 e. The van der Waals surface area contributed by atoms with Crippen molar-refractivity contribution in [2.75, 3.05) is 11.9 Å². The summed E-state index contributed by atoms with van der Waals surface area (Å²) in [6, 6.07) is 1.44. The van der Waals surface area contributed by atoms with Gasteiger partial charge in [0.2, 0.25) is 0 Å². The van der Waals surface area contributed by atoms with Crippen LogP contribution in [0, 0.1) is 0 Å².